The summed E-state index contributed by atoms with van der Waals surface area (Å²) in [6.45, 7) is 0. The van der Waals surface area contributed by atoms with Crippen LogP contribution < -0.4 is 0 Å². The third-order valence-corrected chi connectivity index (χ3v) is 3.84. The van der Waals surface area contributed by atoms with Crippen molar-refractivity contribution in [3.63, 3.8) is 0 Å². The predicted molar refractivity (Wildman–Crippen MR) is 91.1 cm³/mol. The third-order valence-electron chi connectivity index (χ3n) is 3.84. The van der Waals surface area contributed by atoms with Gasteiger partial charge >= 0.3 is 0 Å². The number of rotatable bonds is 4. The second-order valence-corrected chi connectivity index (χ2v) is 5.43. The Balaban J connectivity index is 2.03. The number of phenolic OH excluding ortho intramolecular Hbond substituents is 2. The molecule has 5 nitrogen and oxygen atoms in total. The number of phenols is 2. The topological polar surface area (TPSA) is 83.6 Å². The number of nitro benzene ring substituents is 1. The summed E-state index contributed by atoms with van der Waals surface area (Å²) in [5.74, 6) is -0.360. The standard InChI is InChI=1S/C19H15NO4/c21-18-10-4-9-17(19(18)22)16-8-2-1-6-14(16)11-13-5-3-7-15(12-13)20(23)24/h1-10,12,21-22H,11H2. The molecular formula is C19H15NO4. The van der Waals surface area contributed by atoms with Crippen LogP contribution >= 0.6 is 0 Å². The summed E-state index contributed by atoms with van der Waals surface area (Å²) < 4.78 is 0. The van der Waals surface area contributed by atoms with Gasteiger partial charge in [0.25, 0.3) is 5.69 Å². The molecule has 3 rings (SSSR count). The van der Waals surface area contributed by atoms with E-state index in [0.29, 0.717) is 12.0 Å². The zero-order chi connectivity index (χ0) is 17.1. The van der Waals surface area contributed by atoms with Crippen LogP contribution in [0.15, 0.2) is 66.7 Å². The lowest BCUT2D eigenvalue weighted by atomic mass is 9.94. The van der Waals surface area contributed by atoms with Crippen molar-refractivity contribution in [3.8, 4) is 22.6 Å². The first kappa shape index (κ1) is 15.6. The molecule has 2 N–H and O–H groups in total. The first-order chi connectivity index (χ1) is 11.6. The number of nitrogens with zero attached hydrogens (tertiary/aromatic N) is 1. The highest BCUT2D eigenvalue weighted by molar-refractivity contribution is 5.76. The fraction of sp³-hybridized carbons (Fsp3) is 0.0526. The molecule has 0 fully saturated rings. The fourth-order valence-electron chi connectivity index (χ4n) is 2.69. The summed E-state index contributed by atoms with van der Waals surface area (Å²) in [5.41, 5.74) is 3.05. The van der Waals surface area contributed by atoms with E-state index in [0.717, 1.165) is 16.7 Å². The number of nitro groups is 1. The van der Waals surface area contributed by atoms with Crippen LogP contribution in [0.5, 0.6) is 11.5 Å². The molecule has 0 aliphatic heterocycles. The molecule has 0 atom stereocenters. The number of benzene rings is 3. The minimum atomic E-state index is -0.420. The van der Waals surface area contributed by atoms with Crippen molar-refractivity contribution in [1.29, 1.82) is 0 Å². The molecular weight excluding hydrogens is 306 g/mol. The van der Waals surface area contributed by atoms with Gasteiger partial charge in [-0.05, 0) is 29.2 Å². The van der Waals surface area contributed by atoms with Crippen molar-refractivity contribution in [2.45, 2.75) is 6.42 Å². The van der Waals surface area contributed by atoms with Crippen LogP contribution in [0.25, 0.3) is 11.1 Å². The van der Waals surface area contributed by atoms with Crippen LogP contribution in [0.4, 0.5) is 5.69 Å². The molecule has 0 saturated carbocycles. The monoisotopic (exact) mass is 321 g/mol. The molecule has 0 spiro atoms. The SMILES string of the molecule is O=[N+]([O-])c1cccc(Cc2ccccc2-c2cccc(O)c2O)c1. The second-order valence-electron chi connectivity index (χ2n) is 5.43. The smallest absolute Gasteiger partial charge is 0.269 e. The van der Waals surface area contributed by atoms with Crippen LogP contribution in [0.1, 0.15) is 11.1 Å². The van der Waals surface area contributed by atoms with Crippen LogP contribution in [0.3, 0.4) is 0 Å². The largest absolute Gasteiger partial charge is 0.504 e. The van der Waals surface area contributed by atoms with Crippen LogP contribution in [0.2, 0.25) is 0 Å². The molecule has 0 bridgehead atoms. The van der Waals surface area contributed by atoms with E-state index in [-0.39, 0.29) is 17.2 Å². The predicted octanol–water partition coefficient (Wildman–Crippen LogP) is 4.26. The van der Waals surface area contributed by atoms with Gasteiger partial charge in [0.15, 0.2) is 11.5 Å². The maximum absolute atomic E-state index is 10.9. The summed E-state index contributed by atoms with van der Waals surface area (Å²) in [6, 6.07) is 18.7. The van der Waals surface area contributed by atoms with Crippen molar-refractivity contribution >= 4 is 5.69 Å². The van der Waals surface area contributed by atoms with Crippen molar-refractivity contribution < 1.29 is 15.1 Å². The average Bonchev–Trinajstić information content (AvgIpc) is 2.58. The lowest BCUT2D eigenvalue weighted by Gasteiger charge is -2.12. The van der Waals surface area contributed by atoms with Crippen LogP contribution in [-0.4, -0.2) is 15.1 Å². The Bertz CT molecular complexity index is 905. The Labute approximate surface area is 138 Å². The van der Waals surface area contributed by atoms with Crippen molar-refractivity contribution in [2.24, 2.45) is 0 Å². The van der Waals surface area contributed by atoms with Gasteiger partial charge in [0.2, 0.25) is 0 Å². The van der Waals surface area contributed by atoms with Gasteiger partial charge in [-0.25, -0.2) is 0 Å². The zero-order valence-corrected chi connectivity index (χ0v) is 12.7. The molecule has 3 aromatic rings. The Morgan fingerprint density at radius 1 is 0.875 bits per heavy atom. The zero-order valence-electron chi connectivity index (χ0n) is 12.7. The molecule has 24 heavy (non-hydrogen) atoms. The molecule has 120 valence electrons. The molecule has 5 heteroatoms. The van der Waals surface area contributed by atoms with Gasteiger partial charge in [-0.15, -0.1) is 0 Å². The van der Waals surface area contributed by atoms with E-state index in [1.165, 1.54) is 12.1 Å². The molecule has 0 amide bonds. The van der Waals surface area contributed by atoms with E-state index in [2.05, 4.69) is 0 Å². The molecule has 0 saturated heterocycles. The average molecular weight is 321 g/mol. The van der Waals surface area contributed by atoms with Gasteiger partial charge in [-0.3, -0.25) is 10.1 Å². The number of non-ortho nitro benzene ring substituents is 1. The number of para-hydroxylation sites is 1. The molecule has 0 aliphatic rings. The van der Waals surface area contributed by atoms with Crippen LogP contribution in [-0.2, 0) is 6.42 Å². The van der Waals surface area contributed by atoms with Crippen molar-refractivity contribution in [2.75, 3.05) is 0 Å². The lowest BCUT2D eigenvalue weighted by molar-refractivity contribution is -0.384. The second kappa shape index (κ2) is 6.42. The van der Waals surface area contributed by atoms with Gasteiger partial charge < -0.3 is 10.2 Å². The highest BCUT2D eigenvalue weighted by Gasteiger charge is 2.13. The van der Waals surface area contributed by atoms with Crippen molar-refractivity contribution in [3.05, 3.63) is 88.0 Å². The van der Waals surface area contributed by atoms with E-state index in [9.17, 15) is 20.3 Å². The first-order valence-corrected chi connectivity index (χ1v) is 7.39. The number of aromatic hydroxyl groups is 2. The van der Waals surface area contributed by atoms with E-state index in [1.54, 1.807) is 24.3 Å². The highest BCUT2D eigenvalue weighted by Crippen LogP contribution is 2.38. The lowest BCUT2D eigenvalue weighted by Crippen LogP contribution is -1.94. The quantitative estimate of drug-likeness (QED) is 0.427. The summed E-state index contributed by atoms with van der Waals surface area (Å²) >= 11 is 0. The summed E-state index contributed by atoms with van der Waals surface area (Å²) in [4.78, 5) is 10.5. The Morgan fingerprint density at radius 2 is 1.58 bits per heavy atom. The molecule has 0 unspecified atom stereocenters. The third kappa shape index (κ3) is 3.05. The molecule has 0 aliphatic carbocycles. The molecule has 3 aromatic carbocycles. The van der Waals surface area contributed by atoms with E-state index in [4.69, 9.17) is 0 Å². The molecule has 0 aromatic heterocycles. The minimum Gasteiger partial charge on any atom is -0.504 e. The van der Waals surface area contributed by atoms with Crippen LogP contribution in [0, 0.1) is 10.1 Å². The highest BCUT2D eigenvalue weighted by atomic mass is 16.6. The van der Waals surface area contributed by atoms with Gasteiger partial charge in [-0.1, -0.05) is 48.5 Å². The normalized spacial score (nSPS) is 10.5. The summed E-state index contributed by atoms with van der Waals surface area (Å²) in [6.07, 6.45) is 0.479. The maximum Gasteiger partial charge on any atom is 0.269 e. The minimum absolute atomic E-state index is 0.0465. The Hall–Kier alpha value is -3.34. The Morgan fingerprint density at radius 3 is 2.38 bits per heavy atom. The number of hydrogen-bond donors (Lipinski definition) is 2. The summed E-state index contributed by atoms with van der Waals surface area (Å²) in [5, 5.41) is 30.8. The summed E-state index contributed by atoms with van der Waals surface area (Å²) in [7, 11) is 0. The van der Waals surface area contributed by atoms with E-state index in [1.807, 2.05) is 30.3 Å². The first-order valence-electron chi connectivity index (χ1n) is 7.39. The molecule has 0 radical (unpaired) electrons. The van der Waals surface area contributed by atoms with Gasteiger partial charge in [0.05, 0.1) is 4.92 Å². The number of hydrogen-bond acceptors (Lipinski definition) is 4. The fourth-order valence-corrected chi connectivity index (χ4v) is 2.69. The van der Waals surface area contributed by atoms with Gasteiger partial charge in [0, 0.05) is 17.7 Å². The van der Waals surface area contributed by atoms with Crippen molar-refractivity contribution in [1.82, 2.24) is 0 Å². The van der Waals surface area contributed by atoms with E-state index < -0.39 is 4.92 Å². The van der Waals surface area contributed by atoms with Gasteiger partial charge in [-0.2, -0.15) is 0 Å². The Kier molecular flexibility index (Phi) is 4.16. The van der Waals surface area contributed by atoms with E-state index >= 15 is 0 Å². The van der Waals surface area contributed by atoms with Gasteiger partial charge in [0.1, 0.15) is 0 Å². The molecule has 0 heterocycles. The maximum atomic E-state index is 10.9.